The molecule has 0 aromatic rings. The number of rotatable bonds is 9. The summed E-state index contributed by atoms with van der Waals surface area (Å²) < 4.78 is 25.0. The Morgan fingerprint density at radius 3 is 2.35 bits per heavy atom. The van der Waals surface area contributed by atoms with Crippen LogP contribution in [0.4, 0.5) is 0 Å². The molecule has 0 unspecified atom stereocenters. The van der Waals surface area contributed by atoms with E-state index in [9.17, 15) is 9.36 Å². The lowest BCUT2D eigenvalue weighted by Crippen LogP contribution is -2.27. The van der Waals surface area contributed by atoms with Gasteiger partial charge >= 0.3 is 13.8 Å². The number of carbonyl (C=O) groups is 1. The van der Waals surface area contributed by atoms with E-state index in [0.29, 0.717) is 18.7 Å². The van der Waals surface area contributed by atoms with Crippen LogP contribution in [0.2, 0.25) is 0 Å². The van der Waals surface area contributed by atoms with E-state index in [-0.39, 0.29) is 25.5 Å². The van der Waals surface area contributed by atoms with E-state index in [0.717, 1.165) is 11.4 Å². The van der Waals surface area contributed by atoms with E-state index in [2.05, 4.69) is 9.37 Å². The lowest BCUT2D eigenvalue weighted by molar-refractivity contribution is -0.138. The molecule has 0 fully saturated rings. The topological polar surface area (TPSA) is 110 Å². The third-order valence-corrected chi connectivity index (χ3v) is 3.90. The number of nitrogens with zero attached hydrogens (tertiary/aromatic N) is 2. The third-order valence-electron chi connectivity index (χ3n) is 3.38. The Bertz CT molecular complexity index is 678. The first-order valence-corrected chi connectivity index (χ1v) is 9.43. The molecule has 0 saturated carbocycles. The van der Waals surface area contributed by atoms with Gasteiger partial charge in [0.1, 0.15) is 0 Å². The summed E-state index contributed by atoms with van der Waals surface area (Å²) in [5, 5.41) is 0. The van der Waals surface area contributed by atoms with Crippen molar-refractivity contribution in [1.82, 2.24) is 4.90 Å². The van der Waals surface area contributed by atoms with Crippen molar-refractivity contribution < 1.29 is 33.1 Å². The maximum absolute atomic E-state index is 11.9. The van der Waals surface area contributed by atoms with Crippen molar-refractivity contribution in [2.24, 2.45) is 0 Å². The van der Waals surface area contributed by atoms with Gasteiger partial charge in [-0.25, -0.2) is 9.41 Å². The number of hydrogen-bond acceptors (Lipinski definition) is 6. The second-order valence-electron chi connectivity index (χ2n) is 5.30. The summed E-state index contributed by atoms with van der Waals surface area (Å²) in [7, 11) is -4.47. The van der Waals surface area contributed by atoms with Gasteiger partial charge in [0.2, 0.25) is 0 Å². The smallest absolute Gasteiger partial charge is 0.469 e. The largest absolute Gasteiger partial charge is 0.471 e. The van der Waals surface area contributed by atoms with Crippen LogP contribution in [0.3, 0.4) is 0 Å². The van der Waals surface area contributed by atoms with Gasteiger partial charge in [0, 0.05) is 17.9 Å². The molecule has 0 bridgehead atoms. The average Bonchev–Trinajstić information content (AvgIpc) is 2.52. The van der Waals surface area contributed by atoms with E-state index in [4.69, 9.17) is 25.8 Å². The summed E-state index contributed by atoms with van der Waals surface area (Å²) >= 11 is 0. The van der Waals surface area contributed by atoms with Crippen molar-refractivity contribution in [3.63, 3.8) is 0 Å². The number of ether oxygens (including phenoxy) is 2. The Hall–Kier alpha value is -1.95. The molecule has 1 aliphatic rings. The maximum Gasteiger partial charge on any atom is 0.469 e. The van der Waals surface area contributed by atoms with Crippen LogP contribution in [0.1, 0.15) is 20.8 Å². The molecule has 2 N–H and O–H groups in total. The van der Waals surface area contributed by atoms with Gasteiger partial charge in [0.05, 0.1) is 33.0 Å². The highest BCUT2D eigenvalue weighted by Gasteiger charge is 2.20. The van der Waals surface area contributed by atoms with Gasteiger partial charge in [-0.2, -0.15) is 0 Å². The second-order valence-corrected chi connectivity index (χ2v) is 6.53. The summed E-state index contributed by atoms with van der Waals surface area (Å²) in [5.74, 6) is -0.646. The normalized spacial score (nSPS) is 14.5. The van der Waals surface area contributed by atoms with Crippen LogP contribution in [0, 0.1) is 6.57 Å². The molecule has 26 heavy (non-hydrogen) atoms. The molecule has 0 aliphatic carbocycles. The Balaban J connectivity index is 2.65. The molecule has 0 aromatic carbocycles. The van der Waals surface area contributed by atoms with Gasteiger partial charge in [0.15, 0.2) is 0 Å². The van der Waals surface area contributed by atoms with Gasteiger partial charge in [-0.15, -0.1) is 0 Å². The first-order chi connectivity index (χ1) is 12.2. The quantitative estimate of drug-likeness (QED) is 0.204. The molecule has 10 heteroatoms. The molecule has 0 spiro atoms. The predicted molar refractivity (Wildman–Crippen MR) is 93.3 cm³/mol. The van der Waals surface area contributed by atoms with Crippen LogP contribution >= 0.6 is 7.82 Å². The van der Waals surface area contributed by atoms with Crippen molar-refractivity contribution in [3.8, 4) is 0 Å². The molecule has 0 radical (unpaired) electrons. The van der Waals surface area contributed by atoms with Gasteiger partial charge in [0.25, 0.3) is 5.70 Å². The first kappa shape index (κ1) is 22.1. The Morgan fingerprint density at radius 1 is 1.23 bits per heavy atom. The summed E-state index contributed by atoms with van der Waals surface area (Å²) in [6.07, 6.45) is 3.46. The SMILES string of the molecule is [C-]#[N+]C(C(=O)OCC)=C1C=C(C)N(CCOCCOP(=O)(O)O)C(C)=C1. The van der Waals surface area contributed by atoms with E-state index in [1.165, 1.54) is 0 Å². The fourth-order valence-electron chi connectivity index (χ4n) is 2.32. The summed E-state index contributed by atoms with van der Waals surface area (Å²) in [4.78, 5) is 34.2. The molecule has 0 atom stereocenters. The van der Waals surface area contributed by atoms with Gasteiger partial charge in [-0.1, -0.05) is 0 Å². The number of allylic oxidation sites excluding steroid dienone is 5. The Labute approximate surface area is 152 Å². The van der Waals surface area contributed by atoms with Crippen molar-refractivity contribution in [2.75, 3.05) is 33.0 Å². The van der Waals surface area contributed by atoms with Crippen LogP contribution < -0.4 is 0 Å². The Kier molecular flexibility index (Phi) is 8.72. The molecule has 1 rings (SSSR count). The summed E-state index contributed by atoms with van der Waals surface area (Å²) in [6.45, 7) is 13.5. The molecule has 144 valence electrons. The molecule has 1 heterocycles. The lowest BCUT2D eigenvalue weighted by Gasteiger charge is -2.29. The number of hydrogen-bond donors (Lipinski definition) is 2. The molecule has 0 saturated heterocycles. The summed E-state index contributed by atoms with van der Waals surface area (Å²) in [5.41, 5.74) is 2.11. The van der Waals surface area contributed by atoms with Crippen molar-refractivity contribution in [1.29, 1.82) is 0 Å². The zero-order valence-corrected chi connectivity index (χ0v) is 15.9. The molecule has 0 aromatic heterocycles. The van der Waals surface area contributed by atoms with Gasteiger partial charge < -0.3 is 24.2 Å². The van der Waals surface area contributed by atoms with Gasteiger partial charge in [-0.05, 0) is 38.5 Å². The number of esters is 1. The van der Waals surface area contributed by atoms with E-state index >= 15 is 0 Å². The zero-order chi connectivity index (χ0) is 19.7. The van der Waals surface area contributed by atoms with E-state index in [1.54, 1.807) is 19.1 Å². The average molecular weight is 386 g/mol. The van der Waals surface area contributed by atoms with Crippen molar-refractivity contribution >= 4 is 13.8 Å². The van der Waals surface area contributed by atoms with E-state index in [1.807, 2.05) is 18.7 Å². The second kappa shape index (κ2) is 10.3. The minimum absolute atomic E-state index is 0.0559. The lowest BCUT2D eigenvalue weighted by atomic mass is 10.1. The molecule has 0 amide bonds. The van der Waals surface area contributed by atoms with Crippen LogP contribution in [0.15, 0.2) is 34.8 Å². The van der Waals surface area contributed by atoms with Crippen LogP contribution in [0.25, 0.3) is 4.85 Å². The van der Waals surface area contributed by atoms with Gasteiger partial charge in [-0.3, -0.25) is 9.32 Å². The predicted octanol–water partition coefficient (Wildman–Crippen LogP) is 1.97. The first-order valence-electron chi connectivity index (χ1n) is 7.90. The summed E-state index contributed by atoms with van der Waals surface area (Å²) in [6, 6.07) is 0. The zero-order valence-electron chi connectivity index (χ0n) is 15.0. The third kappa shape index (κ3) is 7.12. The monoisotopic (exact) mass is 386 g/mol. The van der Waals surface area contributed by atoms with Crippen LogP contribution in [-0.4, -0.2) is 53.6 Å². The molecule has 9 nitrogen and oxygen atoms in total. The standard InChI is InChI=1S/C16H23N2O7P/c1-5-24-16(19)15(17-4)14-10-12(2)18(13(3)11-14)6-7-23-8-9-25-26(20,21)22/h10-11H,5-9H2,1-3H3,(H2,20,21,22). The van der Waals surface area contributed by atoms with Crippen molar-refractivity contribution in [2.45, 2.75) is 20.8 Å². The minimum Gasteiger partial charge on any atom is -0.471 e. The maximum atomic E-state index is 11.9. The highest BCUT2D eigenvalue weighted by atomic mass is 31.2. The minimum atomic E-state index is -4.47. The fraction of sp³-hybridized carbons (Fsp3) is 0.500. The van der Waals surface area contributed by atoms with E-state index < -0.39 is 13.8 Å². The molecule has 1 aliphatic heterocycles. The Morgan fingerprint density at radius 2 is 1.85 bits per heavy atom. The number of phosphoric acid groups is 1. The highest BCUT2D eigenvalue weighted by Crippen LogP contribution is 2.35. The van der Waals surface area contributed by atoms with Crippen molar-refractivity contribution in [3.05, 3.63) is 46.2 Å². The van der Waals surface area contributed by atoms with Crippen LogP contribution in [0.5, 0.6) is 0 Å². The van der Waals surface area contributed by atoms with Crippen LogP contribution in [-0.2, 0) is 23.4 Å². The number of phosphoric ester groups is 1. The fourth-order valence-corrected chi connectivity index (χ4v) is 2.63. The number of carbonyl (C=O) groups excluding carboxylic acids is 1. The molecular weight excluding hydrogens is 363 g/mol. The molecular formula is C16H23N2O7P. The highest BCUT2D eigenvalue weighted by molar-refractivity contribution is 7.46.